The molecule has 2 aromatic carbocycles. The summed E-state index contributed by atoms with van der Waals surface area (Å²) in [5.41, 5.74) is 1.30. The van der Waals surface area contributed by atoms with Crippen molar-refractivity contribution < 1.29 is 14.7 Å². The molecule has 1 aliphatic heterocycles. The molecule has 0 spiro atoms. The zero-order chi connectivity index (χ0) is 17.6. The molecule has 2 amide bonds. The van der Waals surface area contributed by atoms with Crippen LogP contribution < -0.4 is 5.32 Å². The quantitative estimate of drug-likeness (QED) is 0.778. The van der Waals surface area contributed by atoms with Gasteiger partial charge < -0.3 is 15.3 Å². The first kappa shape index (κ1) is 17.6. The third-order valence-corrected chi connectivity index (χ3v) is 5.49. The fraction of sp³-hybridized carbons (Fsp3) is 0.368. The number of rotatable bonds is 6. The van der Waals surface area contributed by atoms with Crippen LogP contribution in [0.5, 0.6) is 0 Å². The molecule has 1 saturated heterocycles. The normalized spacial score (nSPS) is 17.0. The Morgan fingerprint density at radius 3 is 2.80 bits per heavy atom. The lowest BCUT2D eigenvalue weighted by atomic mass is 10.1. The molecule has 3 rings (SSSR count). The summed E-state index contributed by atoms with van der Waals surface area (Å²) in [7, 11) is 0. The number of urea groups is 1. The van der Waals surface area contributed by atoms with Crippen LogP contribution in [0.1, 0.15) is 12.0 Å². The van der Waals surface area contributed by atoms with E-state index < -0.39 is 11.9 Å². The van der Waals surface area contributed by atoms with E-state index in [1.165, 1.54) is 16.3 Å². The van der Waals surface area contributed by atoms with Crippen molar-refractivity contribution >= 4 is 34.5 Å². The van der Waals surface area contributed by atoms with Crippen LogP contribution in [0.2, 0.25) is 0 Å². The summed E-state index contributed by atoms with van der Waals surface area (Å²) in [5, 5.41) is 14.4. The van der Waals surface area contributed by atoms with Gasteiger partial charge in [0.25, 0.3) is 0 Å². The van der Waals surface area contributed by atoms with E-state index in [-0.39, 0.29) is 6.03 Å². The van der Waals surface area contributed by atoms with Gasteiger partial charge in [0.1, 0.15) is 0 Å². The molecular weight excluding hydrogens is 336 g/mol. The van der Waals surface area contributed by atoms with E-state index >= 15 is 0 Å². The van der Waals surface area contributed by atoms with Crippen LogP contribution >= 0.6 is 11.8 Å². The fourth-order valence-electron chi connectivity index (χ4n) is 3.09. The van der Waals surface area contributed by atoms with Gasteiger partial charge in [0.15, 0.2) is 0 Å². The number of hydrogen-bond acceptors (Lipinski definition) is 3. The summed E-state index contributed by atoms with van der Waals surface area (Å²) in [6.07, 6.45) is 0.540. The number of carbonyl (C=O) groups excluding carboxylic acids is 1. The molecule has 2 N–H and O–H groups in total. The molecule has 5 nitrogen and oxygen atoms in total. The molecular formula is C19H22N2O3S. The number of likely N-dealkylation sites (tertiary alicyclic amines) is 1. The molecule has 0 saturated carbocycles. The molecule has 0 radical (unpaired) electrons. The van der Waals surface area contributed by atoms with Crippen LogP contribution in [0.4, 0.5) is 4.79 Å². The number of hydrogen-bond donors (Lipinski definition) is 2. The lowest BCUT2D eigenvalue weighted by Gasteiger charge is -2.16. The Morgan fingerprint density at radius 1 is 1.20 bits per heavy atom. The second-order valence-corrected chi connectivity index (χ2v) is 7.30. The van der Waals surface area contributed by atoms with Gasteiger partial charge in [0.2, 0.25) is 0 Å². The summed E-state index contributed by atoms with van der Waals surface area (Å²) in [6, 6.07) is 14.5. The number of amides is 2. The topological polar surface area (TPSA) is 69.6 Å². The molecule has 0 aromatic heterocycles. The zero-order valence-electron chi connectivity index (χ0n) is 14.0. The molecule has 0 aliphatic carbocycles. The van der Waals surface area contributed by atoms with Gasteiger partial charge in [-0.1, -0.05) is 42.5 Å². The van der Waals surface area contributed by atoms with Crippen molar-refractivity contribution in [3.05, 3.63) is 48.0 Å². The monoisotopic (exact) mass is 358 g/mol. The largest absolute Gasteiger partial charge is 0.481 e. The van der Waals surface area contributed by atoms with Gasteiger partial charge in [-0.3, -0.25) is 4.79 Å². The van der Waals surface area contributed by atoms with Gasteiger partial charge >= 0.3 is 12.0 Å². The summed E-state index contributed by atoms with van der Waals surface area (Å²) < 4.78 is 0. The highest BCUT2D eigenvalue weighted by Gasteiger charge is 2.30. The van der Waals surface area contributed by atoms with Crippen LogP contribution in [-0.4, -0.2) is 47.4 Å². The molecule has 0 bridgehead atoms. The first-order chi connectivity index (χ1) is 12.1. The third-order valence-electron chi connectivity index (χ3n) is 4.48. The minimum atomic E-state index is -0.819. The van der Waals surface area contributed by atoms with Crippen molar-refractivity contribution in [2.24, 2.45) is 5.92 Å². The summed E-state index contributed by atoms with van der Waals surface area (Å²) in [5.74, 6) is 0.486. The second kappa shape index (κ2) is 8.25. The number of nitrogens with zero attached hydrogens (tertiary/aromatic N) is 1. The van der Waals surface area contributed by atoms with Gasteiger partial charge in [-0.15, -0.1) is 0 Å². The zero-order valence-corrected chi connectivity index (χ0v) is 14.8. The number of aliphatic carboxylic acids is 1. The Morgan fingerprint density at radius 2 is 2.00 bits per heavy atom. The average molecular weight is 358 g/mol. The molecule has 1 unspecified atom stereocenters. The number of carboxylic acids is 1. The summed E-state index contributed by atoms with van der Waals surface area (Å²) in [4.78, 5) is 24.6. The number of fused-ring (bicyclic) bond motifs is 1. The van der Waals surface area contributed by atoms with E-state index in [0.717, 1.165) is 11.5 Å². The number of nitrogens with one attached hydrogen (secondary N) is 1. The third kappa shape index (κ3) is 4.45. The first-order valence-corrected chi connectivity index (χ1v) is 9.60. The molecule has 1 heterocycles. The Bertz CT molecular complexity index is 760. The van der Waals surface area contributed by atoms with Crippen molar-refractivity contribution in [3.63, 3.8) is 0 Å². The van der Waals surface area contributed by atoms with Crippen molar-refractivity contribution in [2.45, 2.75) is 12.2 Å². The highest BCUT2D eigenvalue weighted by Crippen LogP contribution is 2.22. The second-order valence-electron chi connectivity index (χ2n) is 6.19. The van der Waals surface area contributed by atoms with Gasteiger partial charge in [0, 0.05) is 31.1 Å². The molecule has 1 atom stereocenters. The molecule has 1 fully saturated rings. The SMILES string of the molecule is O=C(O)C1CCN(C(=O)NCCSCc2cccc3ccccc23)C1. The summed E-state index contributed by atoms with van der Waals surface area (Å²) >= 11 is 1.78. The lowest BCUT2D eigenvalue weighted by molar-refractivity contribution is -0.141. The molecule has 6 heteroatoms. The van der Waals surface area contributed by atoms with Crippen LogP contribution in [-0.2, 0) is 10.5 Å². The van der Waals surface area contributed by atoms with Crippen molar-refractivity contribution in [2.75, 3.05) is 25.4 Å². The Kier molecular flexibility index (Phi) is 5.81. The number of thioether (sulfide) groups is 1. The van der Waals surface area contributed by atoms with Gasteiger partial charge in [0.05, 0.1) is 5.92 Å². The predicted octanol–water partition coefficient (Wildman–Crippen LogP) is 3.19. The predicted molar refractivity (Wildman–Crippen MR) is 101 cm³/mol. The van der Waals surface area contributed by atoms with E-state index in [9.17, 15) is 9.59 Å². The van der Waals surface area contributed by atoms with Gasteiger partial charge in [-0.2, -0.15) is 11.8 Å². The smallest absolute Gasteiger partial charge is 0.317 e. The first-order valence-electron chi connectivity index (χ1n) is 8.45. The highest BCUT2D eigenvalue weighted by molar-refractivity contribution is 7.98. The average Bonchev–Trinajstić information content (AvgIpc) is 3.12. The van der Waals surface area contributed by atoms with Crippen molar-refractivity contribution in [1.82, 2.24) is 10.2 Å². The molecule has 1 aliphatic rings. The molecule has 132 valence electrons. The molecule has 2 aromatic rings. The van der Waals surface area contributed by atoms with Crippen LogP contribution in [0, 0.1) is 5.92 Å². The van der Waals surface area contributed by atoms with Crippen LogP contribution in [0.25, 0.3) is 10.8 Å². The Hall–Kier alpha value is -2.21. The maximum Gasteiger partial charge on any atom is 0.317 e. The van der Waals surface area contributed by atoms with E-state index in [1.54, 1.807) is 16.7 Å². The lowest BCUT2D eigenvalue weighted by Crippen LogP contribution is -2.39. The highest BCUT2D eigenvalue weighted by atomic mass is 32.2. The van der Waals surface area contributed by atoms with Crippen LogP contribution in [0.3, 0.4) is 0 Å². The van der Waals surface area contributed by atoms with E-state index in [0.29, 0.717) is 26.1 Å². The fourth-order valence-corrected chi connectivity index (χ4v) is 3.95. The van der Waals surface area contributed by atoms with E-state index in [4.69, 9.17) is 5.11 Å². The molecule has 25 heavy (non-hydrogen) atoms. The minimum absolute atomic E-state index is 0.158. The minimum Gasteiger partial charge on any atom is -0.481 e. The number of carboxylic acid groups (broad SMARTS) is 1. The number of benzene rings is 2. The van der Waals surface area contributed by atoms with Gasteiger partial charge in [-0.05, 0) is 22.8 Å². The maximum absolute atomic E-state index is 12.0. The van der Waals surface area contributed by atoms with E-state index in [2.05, 4.69) is 41.7 Å². The van der Waals surface area contributed by atoms with Gasteiger partial charge in [-0.25, -0.2) is 4.79 Å². The van der Waals surface area contributed by atoms with Crippen LogP contribution in [0.15, 0.2) is 42.5 Å². The standard InChI is InChI=1S/C19H22N2O3S/c22-18(23)15-8-10-21(12-15)19(24)20-9-11-25-13-16-6-3-5-14-4-1-2-7-17(14)16/h1-7,15H,8-13H2,(H,20,24)(H,22,23). The summed E-state index contributed by atoms with van der Waals surface area (Å²) in [6.45, 7) is 1.42. The van der Waals surface area contributed by atoms with E-state index in [1.807, 2.05) is 6.07 Å². The van der Waals surface area contributed by atoms with Crippen molar-refractivity contribution in [3.8, 4) is 0 Å². The number of carbonyl (C=O) groups is 2. The van der Waals surface area contributed by atoms with Crippen molar-refractivity contribution in [1.29, 1.82) is 0 Å². The maximum atomic E-state index is 12.0. The Labute approximate surface area is 151 Å². The Balaban J connectivity index is 1.40.